The molecule has 0 aliphatic heterocycles. The third-order valence-electron chi connectivity index (χ3n) is 4.55. The Morgan fingerprint density at radius 3 is 2.66 bits per heavy atom. The lowest BCUT2D eigenvalue weighted by atomic mass is 9.95. The SMILES string of the molecule is N#C/C(=C\c1cc([N+](=O)[O-])ccc1Sc1ncccn1)C(=O)NC1CCCCC1. The maximum absolute atomic E-state index is 12.6. The van der Waals surface area contributed by atoms with Gasteiger partial charge in [-0.2, -0.15) is 5.26 Å². The van der Waals surface area contributed by atoms with Gasteiger partial charge >= 0.3 is 0 Å². The molecular formula is C20H19N5O3S. The molecule has 2 aromatic rings. The molecule has 1 heterocycles. The maximum Gasteiger partial charge on any atom is 0.270 e. The Labute approximate surface area is 172 Å². The molecule has 1 aromatic heterocycles. The highest BCUT2D eigenvalue weighted by atomic mass is 32.2. The number of hydrogen-bond donors (Lipinski definition) is 1. The summed E-state index contributed by atoms with van der Waals surface area (Å²) in [5, 5.41) is 24.0. The molecule has 0 bridgehead atoms. The van der Waals surface area contributed by atoms with Gasteiger partial charge in [-0.3, -0.25) is 14.9 Å². The van der Waals surface area contributed by atoms with E-state index in [0.717, 1.165) is 32.1 Å². The summed E-state index contributed by atoms with van der Waals surface area (Å²) in [4.78, 5) is 32.1. The van der Waals surface area contributed by atoms with Crippen LogP contribution in [0.5, 0.6) is 0 Å². The Kier molecular flexibility index (Phi) is 6.92. The average molecular weight is 409 g/mol. The average Bonchev–Trinajstić information content (AvgIpc) is 2.74. The van der Waals surface area contributed by atoms with Crippen molar-refractivity contribution in [2.45, 2.75) is 48.2 Å². The number of nitro benzene ring substituents is 1. The van der Waals surface area contributed by atoms with E-state index in [4.69, 9.17) is 0 Å². The largest absolute Gasteiger partial charge is 0.349 e. The first-order chi connectivity index (χ1) is 14.1. The van der Waals surface area contributed by atoms with Gasteiger partial charge in [-0.1, -0.05) is 19.3 Å². The molecule has 148 valence electrons. The molecule has 0 atom stereocenters. The van der Waals surface area contributed by atoms with Gasteiger partial charge in [0, 0.05) is 35.5 Å². The van der Waals surface area contributed by atoms with E-state index in [1.807, 2.05) is 6.07 Å². The Balaban J connectivity index is 1.90. The number of aromatic nitrogens is 2. The first-order valence-electron chi connectivity index (χ1n) is 9.23. The predicted octanol–water partition coefficient (Wildman–Crippen LogP) is 3.89. The van der Waals surface area contributed by atoms with Crippen molar-refractivity contribution < 1.29 is 9.72 Å². The number of hydrogen-bond acceptors (Lipinski definition) is 7. The molecule has 1 fully saturated rings. The zero-order valence-corrected chi connectivity index (χ0v) is 16.4. The Hall–Kier alpha value is -3.25. The minimum absolute atomic E-state index is 0.0599. The summed E-state index contributed by atoms with van der Waals surface area (Å²) in [5.41, 5.74) is 0.179. The van der Waals surface area contributed by atoms with Crippen LogP contribution in [0.1, 0.15) is 37.7 Å². The van der Waals surface area contributed by atoms with Gasteiger partial charge in [0.2, 0.25) is 0 Å². The van der Waals surface area contributed by atoms with Gasteiger partial charge in [0.1, 0.15) is 11.6 Å². The third kappa shape index (κ3) is 5.62. The zero-order valence-electron chi connectivity index (χ0n) is 15.6. The maximum atomic E-state index is 12.6. The Morgan fingerprint density at radius 2 is 2.00 bits per heavy atom. The second-order valence-corrected chi connectivity index (χ2v) is 7.60. The fourth-order valence-corrected chi connectivity index (χ4v) is 3.90. The number of nitriles is 1. The van der Waals surface area contributed by atoms with E-state index in [-0.39, 0.29) is 17.3 Å². The third-order valence-corrected chi connectivity index (χ3v) is 5.54. The summed E-state index contributed by atoms with van der Waals surface area (Å²) in [6.07, 6.45) is 9.63. The van der Waals surface area contributed by atoms with Crippen LogP contribution in [0.15, 0.2) is 52.3 Å². The first kappa shape index (κ1) is 20.5. The van der Waals surface area contributed by atoms with Gasteiger partial charge in [-0.15, -0.1) is 0 Å². The highest BCUT2D eigenvalue weighted by molar-refractivity contribution is 7.99. The van der Waals surface area contributed by atoms with Crippen LogP contribution < -0.4 is 5.32 Å². The van der Waals surface area contributed by atoms with E-state index >= 15 is 0 Å². The molecule has 1 saturated carbocycles. The number of nitro groups is 1. The normalized spacial score (nSPS) is 14.8. The molecule has 1 amide bonds. The molecular weight excluding hydrogens is 390 g/mol. The van der Waals surface area contributed by atoms with Gasteiger partial charge in [0.05, 0.1) is 4.92 Å². The van der Waals surface area contributed by atoms with Crippen LogP contribution in [0, 0.1) is 21.4 Å². The van der Waals surface area contributed by atoms with Crippen LogP contribution in [0.2, 0.25) is 0 Å². The van der Waals surface area contributed by atoms with E-state index in [1.165, 1.54) is 30.0 Å². The molecule has 1 N–H and O–H groups in total. The monoisotopic (exact) mass is 409 g/mol. The van der Waals surface area contributed by atoms with Gasteiger partial charge in [-0.05, 0) is 48.4 Å². The second kappa shape index (κ2) is 9.80. The summed E-state index contributed by atoms with van der Waals surface area (Å²) in [6.45, 7) is 0. The van der Waals surface area contributed by atoms with E-state index in [9.17, 15) is 20.2 Å². The molecule has 3 rings (SSSR count). The number of nitrogens with zero attached hydrogens (tertiary/aromatic N) is 4. The molecule has 0 spiro atoms. The number of benzene rings is 1. The number of non-ortho nitro benzene ring substituents is 1. The molecule has 8 nitrogen and oxygen atoms in total. The molecule has 1 aliphatic rings. The lowest BCUT2D eigenvalue weighted by Gasteiger charge is -2.22. The van der Waals surface area contributed by atoms with E-state index in [2.05, 4.69) is 15.3 Å². The van der Waals surface area contributed by atoms with Gasteiger partial charge < -0.3 is 5.32 Å². The van der Waals surface area contributed by atoms with E-state index in [0.29, 0.717) is 15.6 Å². The van der Waals surface area contributed by atoms with Gasteiger partial charge in [0.15, 0.2) is 5.16 Å². The van der Waals surface area contributed by atoms with Crippen LogP contribution in [0.25, 0.3) is 6.08 Å². The minimum atomic E-state index is -0.515. The highest BCUT2D eigenvalue weighted by Gasteiger charge is 2.19. The van der Waals surface area contributed by atoms with Gasteiger partial charge in [0.25, 0.3) is 11.6 Å². The zero-order chi connectivity index (χ0) is 20.6. The minimum Gasteiger partial charge on any atom is -0.349 e. The van der Waals surface area contributed by atoms with Crippen LogP contribution >= 0.6 is 11.8 Å². The number of amides is 1. The van der Waals surface area contributed by atoms with Crippen molar-refractivity contribution in [1.29, 1.82) is 5.26 Å². The van der Waals surface area contributed by atoms with E-state index in [1.54, 1.807) is 24.5 Å². The summed E-state index contributed by atoms with van der Waals surface area (Å²) < 4.78 is 0. The fourth-order valence-electron chi connectivity index (χ4n) is 3.11. The number of carbonyl (C=O) groups is 1. The first-order valence-corrected chi connectivity index (χ1v) is 10.0. The van der Waals surface area contributed by atoms with Crippen molar-refractivity contribution in [2.24, 2.45) is 0 Å². The van der Waals surface area contributed by atoms with Crippen LogP contribution in [0.3, 0.4) is 0 Å². The summed E-state index contributed by atoms with van der Waals surface area (Å²) >= 11 is 1.20. The second-order valence-electron chi connectivity index (χ2n) is 6.59. The van der Waals surface area contributed by atoms with E-state index < -0.39 is 10.8 Å². The van der Waals surface area contributed by atoms with Gasteiger partial charge in [-0.25, -0.2) is 9.97 Å². The van der Waals surface area contributed by atoms with Crippen molar-refractivity contribution in [3.63, 3.8) is 0 Å². The van der Waals surface area contributed by atoms with Crippen molar-refractivity contribution in [3.05, 3.63) is 57.9 Å². The molecule has 0 unspecified atom stereocenters. The predicted molar refractivity (Wildman–Crippen MR) is 108 cm³/mol. The lowest BCUT2D eigenvalue weighted by Crippen LogP contribution is -2.36. The van der Waals surface area contributed by atoms with Crippen molar-refractivity contribution in [1.82, 2.24) is 15.3 Å². The highest BCUT2D eigenvalue weighted by Crippen LogP contribution is 2.32. The summed E-state index contributed by atoms with van der Waals surface area (Å²) in [7, 11) is 0. The Bertz CT molecular complexity index is 966. The van der Waals surface area contributed by atoms with Crippen LogP contribution in [-0.4, -0.2) is 26.8 Å². The lowest BCUT2D eigenvalue weighted by molar-refractivity contribution is -0.384. The molecule has 9 heteroatoms. The van der Waals surface area contributed by atoms with Crippen LogP contribution in [-0.2, 0) is 4.79 Å². The van der Waals surface area contributed by atoms with Crippen molar-refractivity contribution >= 4 is 29.4 Å². The smallest absolute Gasteiger partial charge is 0.270 e. The number of carbonyl (C=O) groups excluding carboxylic acids is 1. The summed E-state index contributed by atoms with van der Waals surface area (Å²) in [6, 6.07) is 7.95. The van der Waals surface area contributed by atoms with Crippen LogP contribution in [0.4, 0.5) is 5.69 Å². The Morgan fingerprint density at radius 1 is 1.28 bits per heavy atom. The quantitative estimate of drug-likeness (QED) is 0.252. The number of nitrogens with one attached hydrogen (secondary N) is 1. The molecule has 1 aromatic carbocycles. The van der Waals surface area contributed by atoms with Crippen molar-refractivity contribution in [2.75, 3.05) is 0 Å². The summed E-state index contributed by atoms with van der Waals surface area (Å²) in [5.74, 6) is -0.460. The molecule has 1 aliphatic carbocycles. The fraction of sp³-hybridized carbons (Fsp3) is 0.300. The standard InChI is InChI=1S/C20H19N5O3S/c21-13-15(19(26)24-16-5-2-1-3-6-16)11-14-12-17(25(27)28)7-8-18(14)29-20-22-9-4-10-23-20/h4,7-12,16H,1-3,5-6H2,(H,24,26)/b15-11+. The number of rotatable bonds is 6. The molecule has 0 saturated heterocycles. The molecule has 29 heavy (non-hydrogen) atoms. The molecule has 0 radical (unpaired) electrons. The topological polar surface area (TPSA) is 122 Å². The van der Waals surface area contributed by atoms with Crippen molar-refractivity contribution in [3.8, 4) is 6.07 Å².